The molecule has 6 nitrogen and oxygen atoms in total. The van der Waals surface area contributed by atoms with Gasteiger partial charge in [0.25, 0.3) is 0 Å². The molecule has 1 unspecified atom stereocenters. The Balaban J connectivity index is 2.28. The van der Waals surface area contributed by atoms with Gasteiger partial charge in [0.05, 0.1) is 7.11 Å². The number of hydrogen-bond donors (Lipinski definition) is 0. The Morgan fingerprint density at radius 3 is 2.70 bits per heavy atom. The number of carbonyl (C=O) groups excluding carboxylic acids is 1. The minimum atomic E-state index is -0.320. The lowest BCUT2D eigenvalue weighted by Crippen LogP contribution is -2.15. The molecule has 7 heteroatoms. The normalized spacial score (nSPS) is 12.2. The van der Waals surface area contributed by atoms with Crippen LogP contribution in [0.1, 0.15) is 13.8 Å². The Kier molecular flexibility index (Phi) is 4.73. The van der Waals surface area contributed by atoms with Crippen molar-refractivity contribution in [2.45, 2.75) is 30.8 Å². The number of pyridine rings is 1. The van der Waals surface area contributed by atoms with Crippen LogP contribution < -0.4 is 0 Å². The van der Waals surface area contributed by atoms with E-state index in [9.17, 15) is 4.79 Å². The Bertz CT molecular complexity index is 585. The minimum absolute atomic E-state index is 0.272. The van der Waals surface area contributed by atoms with Crippen molar-refractivity contribution in [1.82, 2.24) is 19.7 Å². The number of methoxy groups -OCH3 is 1. The summed E-state index contributed by atoms with van der Waals surface area (Å²) in [7, 11) is 1.38. The second kappa shape index (κ2) is 6.51. The third-order valence-electron chi connectivity index (χ3n) is 2.79. The summed E-state index contributed by atoms with van der Waals surface area (Å²) in [5, 5.41) is 8.76. The molecule has 0 aromatic carbocycles. The standard InChI is InChI=1S/C13H16N4O2S/c1-4-17-11(10-5-7-14-8-6-10)15-16-13(17)20-9(2)12(18)19-3/h5-9H,4H2,1-3H3. The van der Waals surface area contributed by atoms with Crippen LogP contribution in [0, 0.1) is 0 Å². The smallest absolute Gasteiger partial charge is 0.318 e. The predicted octanol–water partition coefficient (Wildman–Crippen LogP) is 2.01. The summed E-state index contributed by atoms with van der Waals surface area (Å²) < 4.78 is 6.70. The topological polar surface area (TPSA) is 69.9 Å². The first-order chi connectivity index (χ1) is 9.67. The zero-order chi connectivity index (χ0) is 14.5. The fourth-order valence-electron chi connectivity index (χ4n) is 1.75. The molecule has 0 aliphatic carbocycles. The van der Waals surface area contributed by atoms with Crippen molar-refractivity contribution in [3.8, 4) is 11.4 Å². The van der Waals surface area contributed by atoms with Gasteiger partial charge in [0.15, 0.2) is 11.0 Å². The van der Waals surface area contributed by atoms with Gasteiger partial charge in [0.1, 0.15) is 5.25 Å². The van der Waals surface area contributed by atoms with Crippen LogP contribution in [-0.2, 0) is 16.1 Å². The first kappa shape index (κ1) is 14.5. The third-order valence-corrected chi connectivity index (χ3v) is 3.85. The van der Waals surface area contributed by atoms with Gasteiger partial charge in [0.2, 0.25) is 0 Å². The molecule has 1 atom stereocenters. The van der Waals surface area contributed by atoms with Crippen molar-refractivity contribution >= 4 is 17.7 Å². The van der Waals surface area contributed by atoms with Gasteiger partial charge in [-0.15, -0.1) is 10.2 Å². The SMILES string of the molecule is CCn1c(SC(C)C(=O)OC)nnc1-c1ccncc1. The number of aromatic nitrogens is 4. The highest BCUT2D eigenvalue weighted by molar-refractivity contribution is 8.00. The number of carbonyl (C=O) groups is 1. The van der Waals surface area contributed by atoms with Crippen molar-refractivity contribution in [3.63, 3.8) is 0 Å². The zero-order valence-electron chi connectivity index (χ0n) is 11.6. The summed E-state index contributed by atoms with van der Waals surface area (Å²) in [6.45, 7) is 4.53. The maximum Gasteiger partial charge on any atom is 0.318 e. The second-order valence-corrected chi connectivity index (χ2v) is 5.38. The van der Waals surface area contributed by atoms with Crippen molar-refractivity contribution in [2.24, 2.45) is 0 Å². The van der Waals surface area contributed by atoms with E-state index in [1.54, 1.807) is 19.3 Å². The molecule has 2 rings (SSSR count). The van der Waals surface area contributed by atoms with Gasteiger partial charge in [0, 0.05) is 24.5 Å². The molecule has 2 aromatic heterocycles. The Morgan fingerprint density at radius 1 is 1.40 bits per heavy atom. The van der Waals surface area contributed by atoms with Gasteiger partial charge >= 0.3 is 5.97 Å². The fraction of sp³-hybridized carbons (Fsp3) is 0.385. The van der Waals surface area contributed by atoms with Crippen LogP contribution in [-0.4, -0.2) is 38.1 Å². The largest absolute Gasteiger partial charge is 0.468 e. The highest BCUT2D eigenvalue weighted by atomic mass is 32.2. The Labute approximate surface area is 121 Å². The van der Waals surface area contributed by atoms with Crippen LogP contribution >= 0.6 is 11.8 Å². The van der Waals surface area contributed by atoms with E-state index < -0.39 is 0 Å². The molecule has 0 radical (unpaired) electrons. The van der Waals surface area contributed by atoms with E-state index in [1.165, 1.54) is 18.9 Å². The molecule has 2 heterocycles. The minimum Gasteiger partial charge on any atom is -0.468 e. The maximum absolute atomic E-state index is 11.5. The van der Waals surface area contributed by atoms with Gasteiger partial charge in [-0.25, -0.2) is 0 Å². The average molecular weight is 292 g/mol. The quantitative estimate of drug-likeness (QED) is 0.620. The predicted molar refractivity (Wildman–Crippen MR) is 76.3 cm³/mol. The van der Waals surface area contributed by atoms with Crippen molar-refractivity contribution in [1.29, 1.82) is 0 Å². The van der Waals surface area contributed by atoms with Crippen molar-refractivity contribution in [3.05, 3.63) is 24.5 Å². The van der Waals surface area contributed by atoms with E-state index in [-0.39, 0.29) is 11.2 Å². The first-order valence-electron chi connectivity index (χ1n) is 6.25. The molecule has 20 heavy (non-hydrogen) atoms. The summed E-state index contributed by atoms with van der Waals surface area (Å²) in [4.78, 5) is 15.5. The average Bonchev–Trinajstić information content (AvgIpc) is 2.89. The van der Waals surface area contributed by atoms with E-state index in [0.717, 1.165) is 17.9 Å². The van der Waals surface area contributed by atoms with E-state index in [2.05, 4.69) is 15.2 Å². The Hall–Kier alpha value is -1.89. The molecule has 0 amide bonds. The van der Waals surface area contributed by atoms with Gasteiger partial charge in [-0.1, -0.05) is 11.8 Å². The molecule has 0 aliphatic rings. The van der Waals surface area contributed by atoms with Gasteiger partial charge in [-0.3, -0.25) is 9.78 Å². The maximum atomic E-state index is 11.5. The van der Waals surface area contributed by atoms with E-state index in [4.69, 9.17) is 4.74 Å². The lowest BCUT2D eigenvalue weighted by molar-refractivity contribution is -0.139. The molecule has 106 valence electrons. The zero-order valence-corrected chi connectivity index (χ0v) is 12.4. The fourth-order valence-corrected chi connectivity index (χ4v) is 2.69. The molecule has 0 N–H and O–H groups in total. The molecule has 0 spiro atoms. The van der Waals surface area contributed by atoms with E-state index in [0.29, 0.717) is 5.16 Å². The highest BCUT2D eigenvalue weighted by Crippen LogP contribution is 2.26. The monoisotopic (exact) mass is 292 g/mol. The molecule has 0 saturated heterocycles. The summed E-state index contributed by atoms with van der Waals surface area (Å²) >= 11 is 1.34. The summed E-state index contributed by atoms with van der Waals surface area (Å²) in [6, 6.07) is 3.77. The lowest BCUT2D eigenvalue weighted by atomic mass is 10.2. The van der Waals surface area contributed by atoms with Crippen LogP contribution in [0.3, 0.4) is 0 Å². The molecule has 0 aliphatic heterocycles. The second-order valence-electron chi connectivity index (χ2n) is 4.07. The number of hydrogen-bond acceptors (Lipinski definition) is 6. The number of rotatable bonds is 5. The van der Waals surface area contributed by atoms with Crippen LogP contribution in [0.2, 0.25) is 0 Å². The summed E-state index contributed by atoms with van der Waals surface area (Å²) in [5.74, 6) is 0.501. The van der Waals surface area contributed by atoms with Gasteiger partial charge in [-0.05, 0) is 26.0 Å². The molecule has 2 aromatic rings. The molecular weight excluding hydrogens is 276 g/mol. The first-order valence-corrected chi connectivity index (χ1v) is 7.13. The van der Waals surface area contributed by atoms with Crippen LogP contribution in [0.15, 0.2) is 29.7 Å². The summed E-state index contributed by atoms with van der Waals surface area (Å²) in [5.41, 5.74) is 0.951. The van der Waals surface area contributed by atoms with Crippen LogP contribution in [0.5, 0.6) is 0 Å². The van der Waals surface area contributed by atoms with Gasteiger partial charge in [-0.2, -0.15) is 0 Å². The summed E-state index contributed by atoms with van der Waals surface area (Å²) in [6.07, 6.45) is 3.43. The van der Waals surface area contributed by atoms with Crippen molar-refractivity contribution < 1.29 is 9.53 Å². The number of thioether (sulfide) groups is 1. The van der Waals surface area contributed by atoms with Crippen molar-refractivity contribution in [2.75, 3.05) is 7.11 Å². The number of esters is 1. The molecular formula is C13H16N4O2S. The number of ether oxygens (including phenoxy) is 1. The third kappa shape index (κ3) is 2.98. The van der Waals surface area contributed by atoms with Crippen LogP contribution in [0.4, 0.5) is 0 Å². The van der Waals surface area contributed by atoms with Gasteiger partial charge < -0.3 is 9.30 Å². The van der Waals surface area contributed by atoms with Crippen LogP contribution in [0.25, 0.3) is 11.4 Å². The number of nitrogens with zero attached hydrogens (tertiary/aromatic N) is 4. The van der Waals surface area contributed by atoms with E-state index >= 15 is 0 Å². The Morgan fingerprint density at radius 2 is 2.10 bits per heavy atom. The highest BCUT2D eigenvalue weighted by Gasteiger charge is 2.20. The van der Waals surface area contributed by atoms with E-state index in [1.807, 2.05) is 23.6 Å². The molecule has 0 bridgehead atoms. The lowest BCUT2D eigenvalue weighted by Gasteiger charge is -2.10. The molecule has 0 fully saturated rings. The molecule has 0 saturated carbocycles.